The van der Waals surface area contributed by atoms with Crippen molar-refractivity contribution in [1.29, 1.82) is 0 Å². The first-order valence-electron chi connectivity index (χ1n) is 3.84. The SMILES string of the molecule is CSc1nc(C)c(CC(=O)O)n1C. The van der Waals surface area contributed by atoms with Gasteiger partial charge in [-0.05, 0) is 13.2 Å². The minimum atomic E-state index is -0.821. The third-order valence-corrected chi connectivity index (χ3v) is 2.60. The number of thioether (sulfide) groups is 1. The van der Waals surface area contributed by atoms with Gasteiger partial charge in [-0.1, -0.05) is 11.8 Å². The maximum Gasteiger partial charge on any atom is 0.309 e. The Morgan fingerprint density at radius 3 is 2.69 bits per heavy atom. The fourth-order valence-corrected chi connectivity index (χ4v) is 1.83. The molecule has 0 radical (unpaired) electrons. The minimum Gasteiger partial charge on any atom is -0.481 e. The summed E-state index contributed by atoms with van der Waals surface area (Å²) in [5.41, 5.74) is 1.58. The molecule has 0 aliphatic carbocycles. The molecule has 72 valence electrons. The van der Waals surface area contributed by atoms with Crippen LogP contribution in [0, 0.1) is 6.92 Å². The van der Waals surface area contributed by atoms with Gasteiger partial charge < -0.3 is 9.67 Å². The standard InChI is InChI=1S/C8H12N2O2S/c1-5-6(4-7(11)12)10(2)8(9-5)13-3/h4H2,1-3H3,(H,11,12). The smallest absolute Gasteiger partial charge is 0.309 e. The molecule has 1 heterocycles. The third-order valence-electron chi connectivity index (χ3n) is 1.87. The maximum atomic E-state index is 10.5. The first kappa shape index (κ1) is 10.1. The van der Waals surface area contributed by atoms with Gasteiger partial charge in [0.25, 0.3) is 0 Å². The predicted molar refractivity (Wildman–Crippen MR) is 51.1 cm³/mol. The molecule has 0 fully saturated rings. The van der Waals surface area contributed by atoms with E-state index in [0.717, 1.165) is 16.5 Å². The Labute approximate surface area is 81.0 Å². The topological polar surface area (TPSA) is 55.1 Å². The monoisotopic (exact) mass is 200 g/mol. The molecule has 0 spiro atoms. The molecule has 0 bridgehead atoms. The number of nitrogens with zero attached hydrogens (tertiary/aromatic N) is 2. The Hall–Kier alpha value is -0.970. The van der Waals surface area contributed by atoms with Gasteiger partial charge in [0.15, 0.2) is 5.16 Å². The Bertz CT molecular complexity index is 333. The summed E-state index contributed by atoms with van der Waals surface area (Å²) in [6.45, 7) is 1.83. The van der Waals surface area contributed by atoms with Crippen molar-refractivity contribution in [2.45, 2.75) is 18.5 Å². The van der Waals surface area contributed by atoms with Crippen LogP contribution in [0.15, 0.2) is 5.16 Å². The lowest BCUT2D eigenvalue weighted by atomic mass is 10.2. The fourth-order valence-electron chi connectivity index (χ4n) is 1.21. The first-order chi connectivity index (χ1) is 6.06. The maximum absolute atomic E-state index is 10.5. The normalized spacial score (nSPS) is 10.4. The lowest BCUT2D eigenvalue weighted by molar-refractivity contribution is -0.136. The fraction of sp³-hybridized carbons (Fsp3) is 0.500. The van der Waals surface area contributed by atoms with Crippen molar-refractivity contribution in [3.05, 3.63) is 11.4 Å². The van der Waals surface area contributed by atoms with Crippen LogP contribution in [0.1, 0.15) is 11.4 Å². The van der Waals surface area contributed by atoms with Crippen LogP contribution in [-0.2, 0) is 18.3 Å². The molecule has 0 aliphatic rings. The Balaban J connectivity index is 3.05. The molecular formula is C8H12N2O2S. The molecule has 0 atom stereocenters. The van der Waals surface area contributed by atoms with Crippen molar-refractivity contribution in [3.63, 3.8) is 0 Å². The second-order valence-electron chi connectivity index (χ2n) is 2.76. The lowest BCUT2D eigenvalue weighted by Crippen LogP contribution is -2.06. The van der Waals surface area contributed by atoms with E-state index >= 15 is 0 Å². The van der Waals surface area contributed by atoms with Crippen LogP contribution in [-0.4, -0.2) is 26.9 Å². The van der Waals surface area contributed by atoms with E-state index in [1.54, 1.807) is 0 Å². The highest BCUT2D eigenvalue weighted by Crippen LogP contribution is 2.17. The van der Waals surface area contributed by atoms with Gasteiger partial charge in [0.2, 0.25) is 0 Å². The van der Waals surface area contributed by atoms with E-state index < -0.39 is 5.97 Å². The van der Waals surface area contributed by atoms with Gasteiger partial charge in [0, 0.05) is 7.05 Å². The van der Waals surface area contributed by atoms with E-state index in [1.807, 2.05) is 24.8 Å². The Kier molecular flexibility index (Phi) is 2.98. The molecule has 4 nitrogen and oxygen atoms in total. The van der Waals surface area contributed by atoms with E-state index in [-0.39, 0.29) is 6.42 Å². The summed E-state index contributed by atoms with van der Waals surface area (Å²) in [6, 6.07) is 0. The van der Waals surface area contributed by atoms with Crippen LogP contribution in [0.5, 0.6) is 0 Å². The summed E-state index contributed by atoms with van der Waals surface area (Å²) in [5.74, 6) is -0.821. The number of aliphatic carboxylic acids is 1. The molecular weight excluding hydrogens is 188 g/mol. The van der Waals surface area contributed by atoms with Crippen molar-refractivity contribution in [1.82, 2.24) is 9.55 Å². The molecule has 1 aromatic rings. The first-order valence-corrected chi connectivity index (χ1v) is 5.06. The predicted octanol–water partition coefficient (Wildman–Crippen LogP) is 1.08. The lowest BCUT2D eigenvalue weighted by Gasteiger charge is -2.01. The molecule has 0 unspecified atom stereocenters. The second kappa shape index (κ2) is 3.83. The van der Waals surface area contributed by atoms with Gasteiger partial charge in [-0.15, -0.1) is 0 Å². The zero-order valence-electron chi connectivity index (χ0n) is 7.87. The summed E-state index contributed by atoms with van der Waals surface area (Å²) in [4.78, 5) is 14.8. The summed E-state index contributed by atoms with van der Waals surface area (Å²) >= 11 is 1.52. The average molecular weight is 200 g/mol. The molecule has 0 aromatic carbocycles. The highest BCUT2D eigenvalue weighted by atomic mass is 32.2. The van der Waals surface area contributed by atoms with Crippen LogP contribution in [0.4, 0.5) is 0 Å². The summed E-state index contributed by atoms with van der Waals surface area (Å²) < 4.78 is 1.83. The van der Waals surface area contributed by atoms with Crippen molar-refractivity contribution < 1.29 is 9.90 Å². The van der Waals surface area contributed by atoms with Gasteiger partial charge in [-0.25, -0.2) is 4.98 Å². The van der Waals surface area contributed by atoms with Gasteiger partial charge in [-0.2, -0.15) is 0 Å². The molecule has 0 amide bonds. The van der Waals surface area contributed by atoms with Crippen molar-refractivity contribution in [3.8, 4) is 0 Å². The van der Waals surface area contributed by atoms with E-state index in [2.05, 4.69) is 4.98 Å². The number of imidazole rings is 1. The zero-order valence-corrected chi connectivity index (χ0v) is 8.68. The van der Waals surface area contributed by atoms with Gasteiger partial charge in [0.05, 0.1) is 17.8 Å². The minimum absolute atomic E-state index is 0.0376. The quantitative estimate of drug-likeness (QED) is 0.742. The zero-order chi connectivity index (χ0) is 10.0. The second-order valence-corrected chi connectivity index (χ2v) is 3.53. The van der Waals surface area contributed by atoms with Gasteiger partial charge in [-0.3, -0.25) is 4.79 Å². The molecule has 5 heteroatoms. The summed E-state index contributed by atoms with van der Waals surface area (Å²) in [5, 5.41) is 9.51. The van der Waals surface area contributed by atoms with Crippen molar-refractivity contribution in [2.24, 2.45) is 7.05 Å². The average Bonchev–Trinajstić information content (AvgIpc) is 2.31. The number of aryl methyl sites for hydroxylation is 1. The van der Waals surface area contributed by atoms with Crippen molar-refractivity contribution in [2.75, 3.05) is 6.26 Å². The van der Waals surface area contributed by atoms with Gasteiger partial charge in [0.1, 0.15) is 0 Å². The molecule has 1 aromatic heterocycles. The van der Waals surface area contributed by atoms with Crippen LogP contribution < -0.4 is 0 Å². The summed E-state index contributed by atoms with van der Waals surface area (Å²) in [6.07, 6.45) is 1.96. The van der Waals surface area contributed by atoms with E-state index in [0.29, 0.717) is 0 Å². The van der Waals surface area contributed by atoms with Crippen LogP contribution in [0.2, 0.25) is 0 Å². The Morgan fingerprint density at radius 1 is 1.69 bits per heavy atom. The number of aromatic nitrogens is 2. The largest absolute Gasteiger partial charge is 0.481 e. The molecule has 0 saturated heterocycles. The number of carboxylic acid groups (broad SMARTS) is 1. The number of carboxylic acids is 1. The van der Waals surface area contributed by atoms with Crippen LogP contribution in [0.3, 0.4) is 0 Å². The molecule has 1 N–H and O–H groups in total. The van der Waals surface area contributed by atoms with Crippen LogP contribution >= 0.6 is 11.8 Å². The number of rotatable bonds is 3. The number of hydrogen-bond donors (Lipinski definition) is 1. The Morgan fingerprint density at radius 2 is 2.31 bits per heavy atom. The van der Waals surface area contributed by atoms with E-state index in [9.17, 15) is 4.79 Å². The highest BCUT2D eigenvalue weighted by Gasteiger charge is 2.13. The summed E-state index contributed by atoms with van der Waals surface area (Å²) in [7, 11) is 1.84. The molecule has 0 aliphatic heterocycles. The highest BCUT2D eigenvalue weighted by molar-refractivity contribution is 7.98. The number of hydrogen-bond acceptors (Lipinski definition) is 3. The molecule has 13 heavy (non-hydrogen) atoms. The molecule has 1 rings (SSSR count). The van der Waals surface area contributed by atoms with E-state index in [4.69, 9.17) is 5.11 Å². The molecule has 0 saturated carbocycles. The van der Waals surface area contributed by atoms with Crippen LogP contribution in [0.25, 0.3) is 0 Å². The van der Waals surface area contributed by atoms with Crippen molar-refractivity contribution >= 4 is 17.7 Å². The third kappa shape index (κ3) is 2.03. The van der Waals surface area contributed by atoms with Gasteiger partial charge >= 0.3 is 5.97 Å². The van der Waals surface area contributed by atoms with E-state index in [1.165, 1.54) is 11.8 Å². The number of carbonyl (C=O) groups is 1.